The fourth-order valence-corrected chi connectivity index (χ4v) is 2.03. The van der Waals surface area contributed by atoms with E-state index in [0.29, 0.717) is 16.3 Å². The molecule has 2 aromatic rings. The van der Waals surface area contributed by atoms with Crippen LogP contribution in [0.1, 0.15) is 5.56 Å². The van der Waals surface area contributed by atoms with E-state index >= 15 is 0 Å². The summed E-state index contributed by atoms with van der Waals surface area (Å²) in [4.78, 5) is 10.2. The third-order valence-electron chi connectivity index (χ3n) is 2.63. The van der Waals surface area contributed by atoms with Crippen molar-refractivity contribution in [2.24, 2.45) is 5.73 Å². The van der Waals surface area contributed by atoms with Crippen molar-refractivity contribution in [1.82, 2.24) is 0 Å². The van der Waals surface area contributed by atoms with Gasteiger partial charge in [-0.2, -0.15) is 0 Å². The van der Waals surface area contributed by atoms with Crippen molar-refractivity contribution in [3.8, 4) is 11.5 Å². The van der Waals surface area contributed by atoms with Crippen molar-refractivity contribution in [2.45, 2.75) is 6.54 Å². The van der Waals surface area contributed by atoms with Gasteiger partial charge in [-0.05, 0) is 18.2 Å². The van der Waals surface area contributed by atoms with Gasteiger partial charge in [0.05, 0.1) is 16.0 Å². The Morgan fingerprint density at radius 1 is 1.15 bits per heavy atom. The highest BCUT2D eigenvalue weighted by molar-refractivity contribution is 6.32. The number of nitro benzene ring substituents is 1. The van der Waals surface area contributed by atoms with Gasteiger partial charge >= 0.3 is 0 Å². The van der Waals surface area contributed by atoms with Crippen LogP contribution in [0.5, 0.6) is 11.5 Å². The van der Waals surface area contributed by atoms with Crippen LogP contribution in [-0.4, -0.2) is 4.92 Å². The number of nitrogens with zero attached hydrogens (tertiary/aromatic N) is 1. The zero-order valence-corrected chi connectivity index (χ0v) is 11.7. The minimum Gasteiger partial charge on any atom is -0.455 e. The molecule has 0 aliphatic rings. The number of nitro groups is 1. The quantitative estimate of drug-likeness (QED) is 0.679. The summed E-state index contributed by atoms with van der Waals surface area (Å²) in [5.74, 6) is 0.597. The number of hydrogen-bond acceptors (Lipinski definition) is 4. The molecule has 0 bridgehead atoms. The highest BCUT2D eigenvalue weighted by Crippen LogP contribution is 2.35. The molecule has 0 aromatic heterocycles. The van der Waals surface area contributed by atoms with E-state index in [9.17, 15) is 10.1 Å². The number of ether oxygens (including phenoxy) is 1. The smallest absolute Gasteiger partial charge is 0.273 e. The summed E-state index contributed by atoms with van der Waals surface area (Å²) < 4.78 is 5.60. The second-order valence-electron chi connectivity index (χ2n) is 3.89. The maximum Gasteiger partial charge on any atom is 0.273 e. The molecule has 0 radical (unpaired) electrons. The van der Waals surface area contributed by atoms with Gasteiger partial charge in [-0.15, -0.1) is 0 Å². The van der Waals surface area contributed by atoms with Crippen LogP contribution in [0.3, 0.4) is 0 Å². The Morgan fingerprint density at radius 2 is 1.90 bits per heavy atom. The number of non-ortho nitro benzene ring substituents is 1. The Bertz CT molecular complexity index is 662. The van der Waals surface area contributed by atoms with Crippen molar-refractivity contribution in [1.29, 1.82) is 0 Å². The first-order chi connectivity index (χ1) is 9.52. The van der Waals surface area contributed by atoms with Crippen molar-refractivity contribution in [2.75, 3.05) is 0 Å². The predicted molar refractivity (Wildman–Crippen MR) is 77.5 cm³/mol. The average Bonchev–Trinajstić information content (AvgIpc) is 2.41. The van der Waals surface area contributed by atoms with Crippen molar-refractivity contribution in [3.05, 3.63) is 62.1 Å². The van der Waals surface area contributed by atoms with Crippen LogP contribution >= 0.6 is 23.2 Å². The molecule has 0 aliphatic heterocycles. The van der Waals surface area contributed by atoms with Gasteiger partial charge in [-0.1, -0.05) is 29.3 Å². The second-order valence-corrected chi connectivity index (χ2v) is 4.71. The van der Waals surface area contributed by atoms with E-state index in [4.69, 9.17) is 33.7 Å². The average molecular weight is 313 g/mol. The lowest BCUT2D eigenvalue weighted by Gasteiger charge is -2.12. The summed E-state index contributed by atoms with van der Waals surface area (Å²) >= 11 is 12.0. The third kappa shape index (κ3) is 3.01. The molecular weight excluding hydrogens is 303 g/mol. The minimum absolute atomic E-state index is 0.110. The molecule has 0 amide bonds. The number of halogens is 2. The molecule has 0 unspecified atom stereocenters. The van der Waals surface area contributed by atoms with E-state index in [-0.39, 0.29) is 23.0 Å². The number of rotatable bonds is 4. The Labute approximate surface area is 125 Å². The highest BCUT2D eigenvalue weighted by Gasteiger charge is 2.14. The van der Waals surface area contributed by atoms with Gasteiger partial charge in [0.15, 0.2) is 5.75 Å². The zero-order chi connectivity index (χ0) is 14.7. The van der Waals surface area contributed by atoms with Gasteiger partial charge in [0.1, 0.15) is 5.75 Å². The number of nitrogens with two attached hydrogens (primary N) is 1. The third-order valence-corrected chi connectivity index (χ3v) is 3.29. The van der Waals surface area contributed by atoms with Gasteiger partial charge in [-0.3, -0.25) is 10.1 Å². The summed E-state index contributed by atoms with van der Waals surface area (Å²) in [5.41, 5.74) is 6.11. The van der Waals surface area contributed by atoms with E-state index < -0.39 is 4.92 Å². The SMILES string of the molecule is NCc1c(Cl)cccc1Oc1cc([N+](=O)[O-])ccc1Cl. The molecule has 2 N–H and O–H groups in total. The largest absolute Gasteiger partial charge is 0.455 e. The molecule has 0 aliphatic carbocycles. The van der Waals surface area contributed by atoms with Gasteiger partial charge in [0, 0.05) is 23.2 Å². The van der Waals surface area contributed by atoms with E-state index in [1.165, 1.54) is 18.2 Å². The lowest BCUT2D eigenvalue weighted by molar-refractivity contribution is -0.384. The standard InChI is InChI=1S/C13H10Cl2N2O3/c14-10-2-1-3-12(9(10)7-16)20-13-6-8(17(18)19)4-5-11(13)15/h1-6H,7,16H2. The van der Waals surface area contributed by atoms with Crippen LogP contribution in [0, 0.1) is 10.1 Å². The van der Waals surface area contributed by atoms with E-state index in [1.807, 2.05) is 0 Å². The molecule has 0 spiro atoms. The van der Waals surface area contributed by atoms with Crippen molar-refractivity contribution >= 4 is 28.9 Å². The molecular formula is C13H10Cl2N2O3. The Hall–Kier alpha value is -1.82. The minimum atomic E-state index is -0.523. The fraction of sp³-hybridized carbons (Fsp3) is 0.0769. The van der Waals surface area contributed by atoms with Crippen LogP contribution in [0.25, 0.3) is 0 Å². The summed E-state index contributed by atoms with van der Waals surface area (Å²) in [6, 6.07) is 9.01. The first kappa shape index (κ1) is 14.6. The zero-order valence-electron chi connectivity index (χ0n) is 10.2. The number of benzene rings is 2. The summed E-state index contributed by atoms with van der Waals surface area (Å²) in [5, 5.41) is 11.5. The highest BCUT2D eigenvalue weighted by atomic mass is 35.5. The van der Waals surface area contributed by atoms with Gasteiger partial charge in [0.2, 0.25) is 0 Å². The summed E-state index contributed by atoms with van der Waals surface area (Å²) in [7, 11) is 0. The fourth-order valence-electron chi connectivity index (χ4n) is 1.63. The van der Waals surface area contributed by atoms with Gasteiger partial charge in [-0.25, -0.2) is 0 Å². The number of hydrogen-bond donors (Lipinski definition) is 1. The topological polar surface area (TPSA) is 78.4 Å². The van der Waals surface area contributed by atoms with Crippen molar-refractivity contribution < 1.29 is 9.66 Å². The normalized spacial score (nSPS) is 10.3. The Morgan fingerprint density at radius 3 is 2.55 bits per heavy atom. The maximum atomic E-state index is 10.8. The molecule has 104 valence electrons. The van der Waals surface area contributed by atoms with E-state index in [2.05, 4.69) is 0 Å². The molecule has 0 heterocycles. The molecule has 7 heteroatoms. The molecule has 0 atom stereocenters. The van der Waals surface area contributed by atoms with Gasteiger partial charge in [0.25, 0.3) is 5.69 Å². The van der Waals surface area contributed by atoms with Crippen LogP contribution in [0.4, 0.5) is 5.69 Å². The monoisotopic (exact) mass is 312 g/mol. The molecule has 0 fully saturated rings. The van der Waals surface area contributed by atoms with Crippen LogP contribution in [0.2, 0.25) is 10.0 Å². The Kier molecular flexibility index (Phi) is 4.44. The second kappa shape index (κ2) is 6.09. The summed E-state index contributed by atoms with van der Waals surface area (Å²) in [6.45, 7) is 0.182. The molecule has 5 nitrogen and oxygen atoms in total. The first-order valence-corrected chi connectivity index (χ1v) is 6.37. The van der Waals surface area contributed by atoms with Gasteiger partial charge < -0.3 is 10.5 Å². The Balaban J connectivity index is 2.42. The lowest BCUT2D eigenvalue weighted by atomic mass is 10.2. The molecule has 2 rings (SSSR count). The van der Waals surface area contributed by atoms with Crippen LogP contribution in [0.15, 0.2) is 36.4 Å². The molecule has 20 heavy (non-hydrogen) atoms. The van der Waals surface area contributed by atoms with Crippen LogP contribution in [-0.2, 0) is 6.54 Å². The van der Waals surface area contributed by atoms with Crippen LogP contribution < -0.4 is 10.5 Å². The van der Waals surface area contributed by atoms with Crippen molar-refractivity contribution in [3.63, 3.8) is 0 Å². The molecule has 0 saturated carbocycles. The lowest BCUT2D eigenvalue weighted by Crippen LogP contribution is -2.00. The van der Waals surface area contributed by atoms with E-state index in [1.54, 1.807) is 18.2 Å². The predicted octanol–water partition coefficient (Wildman–Crippen LogP) is 4.15. The molecule has 0 saturated heterocycles. The maximum absolute atomic E-state index is 10.8. The first-order valence-electron chi connectivity index (χ1n) is 5.62. The van der Waals surface area contributed by atoms with E-state index in [0.717, 1.165) is 0 Å². The summed E-state index contributed by atoms with van der Waals surface area (Å²) in [6.07, 6.45) is 0. The molecule has 2 aromatic carbocycles.